The molecule has 1 aromatic heterocycles. The van der Waals surface area contributed by atoms with E-state index in [9.17, 15) is 14.7 Å². The third-order valence-corrected chi connectivity index (χ3v) is 3.82. The molecule has 1 heterocycles. The zero-order valence-corrected chi connectivity index (χ0v) is 15.0. The molecule has 1 aromatic carbocycles. The van der Waals surface area contributed by atoms with Crippen molar-refractivity contribution >= 4 is 11.9 Å². The largest absolute Gasteiger partial charge is 0.503 e. The molecule has 1 atom stereocenters. The zero-order valence-electron chi connectivity index (χ0n) is 15.0. The Hall–Kier alpha value is -3.09. The Balaban J connectivity index is 1.86. The SMILES string of the molecule is COc1ccnc(C(=O)NCC(=O)OC(C)Cc2ccccc2C)c1O. The van der Waals surface area contributed by atoms with Gasteiger partial charge < -0.3 is 19.9 Å². The molecule has 0 aliphatic rings. The minimum Gasteiger partial charge on any atom is -0.503 e. The second-order valence-electron chi connectivity index (χ2n) is 5.82. The summed E-state index contributed by atoms with van der Waals surface area (Å²) in [6.07, 6.45) is 1.59. The average Bonchev–Trinajstić information content (AvgIpc) is 2.62. The van der Waals surface area contributed by atoms with Crippen LogP contribution in [0.15, 0.2) is 36.5 Å². The summed E-state index contributed by atoms with van der Waals surface area (Å²) in [5.74, 6) is -1.51. The van der Waals surface area contributed by atoms with Crippen molar-refractivity contribution in [2.75, 3.05) is 13.7 Å². The maximum absolute atomic E-state index is 12.1. The van der Waals surface area contributed by atoms with E-state index in [1.54, 1.807) is 6.92 Å². The first-order valence-corrected chi connectivity index (χ1v) is 8.16. The number of esters is 1. The molecule has 0 radical (unpaired) electrons. The van der Waals surface area contributed by atoms with Gasteiger partial charge in [0.05, 0.1) is 7.11 Å². The average molecular weight is 358 g/mol. The maximum atomic E-state index is 12.1. The Labute approximate surface area is 152 Å². The zero-order chi connectivity index (χ0) is 19.1. The lowest BCUT2D eigenvalue weighted by Gasteiger charge is -2.15. The third-order valence-electron chi connectivity index (χ3n) is 3.82. The molecule has 1 amide bonds. The molecule has 2 aromatic rings. The van der Waals surface area contributed by atoms with Crippen LogP contribution in [0.1, 0.15) is 28.5 Å². The van der Waals surface area contributed by atoms with E-state index in [2.05, 4.69) is 10.3 Å². The normalized spacial score (nSPS) is 11.5. The number of nitrogens with one attached hydrogen (secondary N) is 1. The molecule has 0 saturated carbocycles. The van der Waals surface area contributed by atoms with Crippen LogP contribution in [0.25, 0.3) is 0 Å². The molecule has 0 spiro atoms. The van der Waals surface area contributed by atoms with E-state index in [4.69, 9.17) is 9.47 Å². The standard InChI is InChI=1S/C19H22N2O5/c1-12-6-4-5-7-14(12)10-13(2)26-16(22)11-21-19(24)17-18(23)15(25-3)8-9-20-17/h4-9,13,23H,10-11H2,1-3H3,(H,21,24). The van der Waals surface area contributed by atoms with Crippen molar-refractivity contribution in [1.82, 2.24) is 10.3 Å². The number of methoxy groups -OCH3 is 1. The number of hydrogen-bond donors (Lipinski definition) is 2. The van der Waals surface area contributed by atoms with Gasteiger partial charge in [-0.3, -0.25) is 9.59 Å². The van der Waals surface area contributed by atoms with Crippen LogP contribution in [-0.4, -0.2) is 41.7 Å². The fraction of sp³-hybridized carbons (Fsp3) is 0.316. The van der Waals surface area contributed by atoms with Crippen molar-refractivity contribution in [2.24, 2.45) is 0 Å². The molecule has 0 fully saturated rings. The van der Waals surface area contributed by atoms with Crippen LogP contribution in [0.2, 0.25) is 0 Å². The van der Waals surface area contributed by atoms with Gasteiger partial charge in [0.25, 0.3) is 5.91 Å². The summed E-state index contributed by atoms with van der Waals surface area (Å²) in [4.78, 5) is 27.8. The number of hydrogen-bond acceptors (Lipinski definition) is 6. The predicted molar refractivity (Wildman–Crippen MR) is 95.2 cm³/mol. The van der Waals surface area contributed by atoms with Gasteiger partial charge in [-0.2, -0.15) is 0 Å². The summed E-state index contributed by atoms with van der Waals surface area (Å²) >= 11 is 0. The Morgan fingerprint density at radius 3 is 2.69 bits per heavy atom. The summed E-state index contributed by atoms with van der Waals surface area (Å²) in [5.41, 5.74) is 2.01. The smallest absolute Gasteiger partial charge is 0.325 e. The molecule has 2 N–H and O–H groups in total. The molecule has 0 saturated heterocycles. The lowest BCUT2D eigenvalue weighted by atomic mass is 10.0. The number of pyridine rings is 1. The monoisotopic (exact) mass is 358 g/mol. The Morgan fingerprint density at radius 1 is 1.27 bits per heavy atom. The molecule has 7 nitrogen and oxygen atoms in total. The molecule has 2 rings (SSSR count). The highest BCUT2D eigenvalue weighted by Gasteiger charge is 2.18. The van der Waals surface area contributed by atoms with Gasteiger partial charge in [0.15, 0.2) is 17.2 Å². The number of amides is 1. The molecule has 0 bridgehead atoms. The maximum Gasteiger partial charge on any atom is 0.325 e. The number of aromatic nitrogens is 1. The molecule has 138 valence electrons. The quantitative estimate of drug-likeness (QED) is 0.735. The minimum absolute atomic E-state index is 0.125. The van der Waals surface area contributed by atoms with Gasteiger partial charge in [0, 0.05) is 18.7 Å². The number of carbonyl (C=O) groups excluding carboxylic acids is 2. The van der Waals surface area contributed by atoms with Crippen molar-refractivity contribution in [2.45, 2.75) is 26.4 Å². The van der Waals surface area contributed by atoms with E-state index >= 15 is 0 Å². The number of aryl methyl sites for hydroxylation is 1. The van der Waals surface area contributed by atoms with Crippen molar-refractivity contribution in [1.29, 1.82) is 0 Å². The molecule has 0 aliphatic carbocycles. The first kappa shape index (κ1) is 19.2. The second-order valence-corrected chi connectivity index (χ2v) is 5.82. The van der Waals surface area contributed by atoms with Crippen molar-refractivity contribution < 1.29 is 24.2 Å². The summed E-state index contributed by atoms with van der Waals surface area (Å²) in [7, 11) is 1.37. The number of ether oxygens (including phenoxy) is 2. The molecule has 26 heavy (non-hydrogen) atoms. The van der Waals surface area contributed by atoms with Crippen molar-refractivity contribution in [3.63, 3.8) is 0 Å². The highest BCUT2D eigenvalue weighted by molar-refractivity contribution is 5.97. The fourth-order valence-electron chi connectivity index (χ4n) is 2.46. The van der Waals surface area contributed by atoms with Gasteiger partial charge in [-0.25, -0.2) is 4.98 Å². The van der Waals surface area contributed by atoms with Crippen LogP contribution in [0.4, 0.5) is 0 Å². The van der Waals surface area contributed by atoms with Gasteiger partial charge in [-0.05, 0) is 25.0 Å². The number of carbonyl (C=O) groups is 2. The van der Waals surface area contributed by atoms with Crippen LogP contribution in [0.5, 0.6) is 11.5 Å². The number of benzene rings is 1. The summed E-state index contributed by atoms with van der Waals surface area (Å²) in [6.45, 7) is 3.47. The van der Waals surface area contributed by atoms with E-state index in [0.29, 0.717) is 6.42 Å². The highest BCUT2D eigenvalue weighted by Crippen LogP contribution is 2.27. The Kier molecular flexibility index (Phi) is 6.54. The van der Waals surface area contributed by atoms with Gasteiger partial charge in [-0.15, -0.1) is 0 Å². The second kappa shape index (κ2) is 8.84. The van der Waals surface area contributed by atoms with Crippen LogP contribution in [0.3, 0.4) is 0 Å². The highest BCUT2D eigenvalue weighted by atomic mass is 16.5. The van der Waals surface area contributed by atoms with Crippen molar-refractivity contribution in [3.05, 3.63) is 53.3 Å². The first-order valence-electron chi connectivity index (χ1n) is 8.16. The van der Waals surface area contributed by atoms with Crippen LogP contribution < -0.4 is 10.1 Å². The van der Waals surface area contributed by atoms with E-state index in [0.717, 1.165) is 11.1 Å². The lowest BCUT2D eigenvalue weighted by molar-refractivity contribution is -0.146. The summed E-state index contributed by atoms with van der Waals surface area (Å²) in [5, 5.41) is 12.3. The Bertz CT molecular complexity index is 791. The number of rotatable bonds is 7. The topological polar surface area (TPSA) is 97.8 Å². The summed E-state index contributed by atoms with van der Waals surface area (Å²) < 4.78 is 10.2. The summed E-state index contributed by atoms with van der Waals surface area (Å²) in [6, 6.07) is 9.29. The van der Waals surface area contributed by atoms with Crippen LogP contribution in [-0.2, 0) is 16.0 Å². The van der Waals surface area contributed by atoms with Gasteiger partial charge in [0.1, 0.15) is 12.6 Å². The predicted octanol–water partition coefficient (Wildman–Crippen LogP) is 2.01. The van der Waals surface area contributed by atoms with E-state index in [1.165, 1.54) is 19.4 Å². The molecule has 1 unspecified atom stereocenters. The molecular weight excluding hydrogens is 336 g/mol. The Morgan fingerprint density at radius 2 is 2.00 bits per heavy atom. The number of aromatic hydroxyl groups is 1. The molecule has 0 aliphatic heterocycles. The van der Waals surface area contributed by atoms with Gasteiger partial charge >= 0.3 is 5.97 Å². The first-order chi connectivity index (χ1) is 12.4. The van der Waals surface area contributed by atoms with Crippen LogP contribution >= 0.6 is 0 Å². The van der Waals surface area contributed by atoms with Crippen molar-refractivity contribution in [3.8, 4) is 11.5 Å². The minimum atomic E-state index is -0.690. The van der Waals surface area contributed by atoms with Gasteiger partial charge in [-0.1, -0.05) is 24.3 Å². The third kappa shape index (κ3) is 4.95. The van der Waals surface area contributed by atoms with E-state index < -0.39 is 11.9 Å². The van der Waals surface area contributed by atoms with Gasteiger partial charge in [0.2, 0.25) is 0 Å². The molecule has 7 heteroatoms. The van der Waals surface area contributed by atoms with Crippen LogP contribution in [0, 0.1) is 6.92 Å². The van der Waals surface area contributed by atoms with E-state index in [1.807, 2.05) is 31.2 Å². The number of nitrogens with zero attached hydrogens (tertiary/aromatic N) is 1. The lowest BCUT2D eigenvalue weighted by Crippen LogP contribution is -2.33. The molecular formula is C19H22N2O5. The fourth-order valence-corrected chi connectivity index (χ4v) is 2.46. The van der Waals surface area contributed by atoms with E-state index in [-0.39, 0.29) is 29.8 Å².